The maximum atomic E-state index is 10.5. The van der Waals surface area contributed by atoms with Gasteiger partial charge in [0.2, 0.25) is 0 Å². The third-order valence-corrected chi connectivity index (χ3v) is 6.19. The molecule has 0 saturated carbocycles. The van der Waals surface area contributed by atoms with E-state index < -0.39 is 6.10 Å². The van der Waals surface area contributed by atoms with Crippen LogP contribution in [0.25, 0.3) is 0 Å². The Labute approximate surface area is 207 Å². The summed E-state index contributed by atoms with van der Waals surface area (Å²) in [5, 5.41) is 17.3. The van der Waals surface area contributed by atoms with Crippen molar-refractivity contribution in [2.45, 2.75) is 25.0 Å². The Morgan fingerprint density at radius 3 is 2.87 bits per heavy atom. The molecule has 9 heteroatoms. The van der Waals surface area contributed by atoms with Crippen LogP contribution < -0.4 is 15.4 Å². The van der Waals surface area contributed by atoms with Crippen LogP contribution in [0.5, 0.6) is 5.75 Å². The summed E-state index contributed by atoms with van der Waals surface area (Å²) in [4.78, 5) is 5.43. The van der Waals surface area contributed by atoms with Gasteiger partial charge in [-0.25, -0.2) is 0 Å². The fourth-order valence-corrected chi connectivity index (χ4v) is 4.38. The number of hydrogen-bond acceptors (Lipinski definition) is 5. The molecule has 6 nitrogen and oxygen atoms in total. The van der Waals surface area contributed by atoms with Gasteiger partial charge in [0, 0.05) is 29.8 Å². The Balaban J connectivity index is 0.00000272. The molecule has 31 heavy (non-hydrogen) atoms. The quantitative estimate of drug-likeness (QED) is 0.212. The molecule has 0 spiro atoms. The number of aliphatic hydroxyl groups is 1. The number of nitrogens with one attached hydrogen (secondary N) is 2. The van der Waals surface area contributed by atoms with Gasteiger partial charge in [0.1, 0.15) is 17.6 Å². The molecule has 0 radical (unpaired) electrons. The van der Waals surface area contributed by atoms with Gasteiger partial charge < -0.3 is 24.9 Å². The van der Waals surface area contributed by atoms with Crippen LogP contribution in [0.3, 0.4) is 0 Å². The van der Waals surface area contributed by atoms with Gasteiger partial charge in [-0.2, -0.15) is 0 Å². The van der Waals surface area contributed by atoms with Gasteiger partial charge in [-0.05, 0) is 30.3 Å². The lowest BCUT2D eigenvalue weighted by Gasteiger charge is -2.28. The Hall–Kier alpha value is -1.75. The highest BCUT2D eigenvalue weighted by atomic mass is 127. The van der Waals surface area contributed by atoms with E-state index in [1.54, 1.807) is 12.3 Å². The summed E-state index contributed by atoms with van der Waals surface area (Å²) in [5.41, 5.74) is 1.11. The summed E-state index contributed by atoms with van der Waals surface area (Å²) in [6.45, 7) is 1.54. The van der Waals surface area contributed by atoms with Crippen LogP contribution in [0.15, 0.2) is 64.2 Å². The second-order valence-electron chi connectivity index (χ2n) is 6.97. The number of halogens is 2. The van der Waals surface area contributed by atoms with Crippen LogP contribution >= 0.6 is 46.9 Å². The molecule has 1 aromatic carbocycles. The smallest absolute Gasteiger partial charge is 0.191 e. The molecule has 3 heterocycles. The van der Waals surface area contributed by atoms with Gasteiger partial charge in [-0.3, -0.25) is 4.99 Å². The summed E-state index contributed by atoms with van der Waals surface area (Å²) in [5.74, 6) is 2.45. The minimum Gasteiger partial charge on any atom is -0.493 e. The molecule has 4 rings (SSSR count). The van der Waals surface area contributed by atoms with Crippen LogP contribution in [-0.2, 0) is 6.42 Å². The molecular weight excluding hydrogens is 549 g/mol. The van der Waals surface area contributed by atoms with Crippen molar-refractivity contribution < 1.29 is 14.3 Å². The van der Waals surface area contributed by atoms with Gasteiger partial charge in [0.05, 0.1) is 29.8 Å². The van der Waals surface area contributed by atoms with Gasteiger partial charge >= 0.3 is 0 Å². The molecule has 2 aromatic heterocycles. The summed E-state index contributed by atoms with van der Waals surface area (Å²) in [6, 6.07) is 15.6. The largest absolute Gasteiger partial charge is 0.493 e. The molecule has 166 valence electrons. The zero-order chi connectivity index (χ0) is 20.8. The molecule has 0 aliphatic carbocycles. The molecule has 1 aliphatic heterocycles. The van der Waals surface area contributed by atoms with E-state index in [1.165, 1.54) is 11.3 Å². The number of hydrogen-bond donors (Lipinski definition) is 3. The minimum atomic E-state index is -0.701. The Bertz CT molecular complexity index is 980. The first-order chi connectivity index (χ1) is 14.7. The standard InChI is InChI=1S/C22H24ClN3O3S.HI/c23-21-8-7-20(30-21)18(27)14-25-22(24-11-9-15-4-3-12-28-15)26-17-10-13-29-19-6-2-1-5-16(17)19;/h1-8,12,17-18,27H,9-11,13-14H2,(H2,24,25,26);1H. The number of rotatable bonds is 7. The minimum absolute atomic E-state index is 0. The molecule has 0 saturated heterocycles. The Morgan fingerprint density at radius 2 is 2.10 bits per heavy atom. The fourth-order valence-electron chi connectivity index (χ4n) is 3.34. The van der Waals surface area contributed by atoms with Gasteiger partial charge in [-0.15, -0.1) is 35.3 Å². The van der Waals surface area contributed by atoms with E-state index in [0.717, 1.165) is 34.8 Å². The lowest BCUT2D eigenvalue weighted by Crippen LogP contribution is -2.42. The fraction of sp³-hybridized carbons (Fsp3) is 0.318. The van der Waals surface area contributed by atoms with Gasteiger partial charge in [0.25, 0.3) is 0 Å². The van der Waals surface area contributed by atoms with E-state index in [-0.39, 0.29) is 36.6 Å². The van der Waals surface area contributed by atoms with Gasteiger partial charge in [-0.1, -0.05) is 29.8 Å². The van der Waals surface area contributed by atoms with E-state index >= 15 is 0 Å². The highest BCUT2D eigenvalue weighted by molar-refractivity contribution is 14.0. The Morgan fingerprint density at radius 1 is 1.23 bits per heavy atom. The van der Waals surface area contributed by atoms with Crippen molar-refractivity contribution in [2.75, 3.05) is 19.7 Å². The van der Waals surface area contributed by atoms with Crippen LogP contribution in [0.4, 0.5) is 0 Å². The zero-order valence-electron chi connectivity index (χ0n) is 16.8. The number of aliphatic imine (C=N–C) groups is 1. The number of benzene rings is 1. The number of furan rings is 1. The van der Waals surface area contributed by atoms with Crippen molar-refractivity contribution >= 4 is 52.9 Å². The van der Waals surface area contributed by atoms with Crippen molar-refractivity contribution in [3.05, 3.63) is 75.3 Å². The predicted molar refractivity (Wildman–Crippen MR) is 135 cm³/mol. The average molecular weight is 574 g/mol. The third-order valence-electron chi connectivity index (χ3n) is 4.86. The Kier molecular flexibility index (Phi) is 9.06. The van der Waals surface area contributed by atoms with Crippen LogP contribution in [-0.4, -0.2) is 30.8 Å². The SMILES string of the molecule is I.OC(CN=C(NCCc1ccco1)NC1CCOc2ccccc21)c1ccc(Cl)s1. The number of thiophene rings is 1. The average Bonchev–Trinajstić information content (AvgIpc) is 3.44. The van der Waals surface area contributed by atoms with Crippen LogP contribution in [0, 0.1) is 0 Å². The van der Waals surface area contributed by atoms with Gasteiger partial charge in [0.15, 0.2) is 5.96 Å². The highest BCUT2D eigenvalue weighted by Gasteiger charge is 2.22. The van der Waals surface area contributed by atoms with Crippen molar-refractivity contribution in [3.63, 3.8) is 0 Å². The lowest BCUT2D eigenvalue weighted by atomic mass is 10.0. The monoisotopic (exact) mass is 573 g/mol. The number of ether oxygens (including phenoxy) is 1. The molecule has 3 N–H and O–H groups in total. The summed E-state index contributed by atoms with van der Waals surface area (Å²) in [6.07, 6.45) is 2.54. The normalized spacial score (nSPS) is 16.6. The summed E-state index contributed by atoms with van der Waals surface area (Å²) in [7, 11) is 0. The number of guanidine groups is 1. The molecule has 2 atom stereocenters. The molecule has 0 fully saturated rings. The topological polar surface area (TPSA) is 79.0 Å². The first kappa shape index (κ1) is 23.9. The third kappa shape index (κ3) is 6.61. The maximum Gasteiger partial charge on any atom is 0.191 e. The molecule has 2 unspecified atom stereocenters. The first-order valence-electron chi connectivity index (χ1n) is 9.91. The second-order valence-corrected chi connectivity index (χ2v) is 8.72. The lowest BCUT2D eigenvalue weighted by molar-refractivity contribution is 0.190. The number of fused-ring (bicyclic) bond motifs is 1. The van der Waals surface area contributed by atoms with E-state index in [9.17, 15) is 5.11 Å². The first-order valence-corrected chi connectivity index (χ1v) is 11.1. The summed E-state index contributed by atoms with van der Waals surface area (Å²) < 4.78 is 11.8. The molecular formula is C22H25ClIN3O3S. The molecule has 3 aromatic rings. The number of aliphatic hydroxyl groups excluding tert-OH is 1. The molecule has 1 aliphatic rings. The van der Waals surface area contributed by atoms with Crippen LogP contribution in [0.1, 0.15) is 34.8 Å². The molecule has 0 amide bonds. The van der Waals surface area contributed by atoms with Crippen molar-refractivity contribution in [1.82, 2.24) is 10.6 Å². The van der Waals surface area contributed by atoms with E-state index in [1.807, 2.05) is 36.4 Å². The summed E-state index contributed by atoms with van der Waals surface area (Å²) >= 11 is 7.35. The predicted octanol–water partition coefficient (Wildman–Crippen LogP) is 4.95. The van der Waals surface area contributed by atoms with E-state index in [4.69, 9.17) is 20.8 Å². The zero-order valence-corrected chi connectivity index (χ0v) is 20.7. The van der Waals surface area contributed by atoms with Crippen molar-refractivity contribution in [2.24, 2.45) is 4.99 Å². The van der Waals surface area contributed by atoms with E-state index in [0.29, 0.717) is 23.4 Å². The van der Waals surface area contributed by atoms with E-state index in [2.05, 4.69) is 21.7 Å². The van der Waals surface area contributed by atoms with Crippen molar-refractivity contribution in [3.8, 4) is 5.75 Å². The highest BCUT2D eigenvalue weighted by Crippen LogP contribution is 2.31. The second kappa shape index (κ2) is 11.8. The van der Waals surface area contributed by atoms with Crippen molar-refractivity contribution in [1.29, 1.82) is 0 Å². The number of para-hydroxylation sites is 1. The number of nitrogens with zero attached hydrogens (tertiary/aromatic N) is 1. The maximum absolute atomic E-state index is 10.5. The van der Waals surface area contributed by atoms with Crippen LogP contribution in [0.2, 0.25) is 4.34 Å². The molecule has 0 bridgehead atoms.